The Hall–Kier alpha value is -1.13. The number of nitrogens with one attached hydrogen (secondary N) is 1. The molecule has 3 nitrogen and oxygen atoms in total. The highest BCUT2D eigenvalue weighted by molar-refractivity contribution is 5.34. The lowest BCUT2D eigenvalue weighted by Gasteiger charge is -2.36. The van der Waals surface area contributed by atoms with E-state index in [4.69, 9.17) is 4.74 Å². The highest BCUT2D eigenvalue weighted by Crippen LogP contribution is 2.34. The van der Waals surface area contributed by atoms with Gasteiger partial charge in [-0.15, -0.1) is 0 Å². The van der Waals surface area contributed by atoms with Crippen molar-refractivity contribution >= 4 is 0 Å². The molecule has 1 fully saturated rings. The van der Waals surface area contributed by atoms with E-state index in [1.54, 1.807) is 6.07 Å². The molecule has 0 spiro atoms. The van der Waals surface area contributed by atoms with Crippen LogP contribution in [0.4, 0.5) is 4.39 Å². The molecule has 2 N–H and O–H groups in total. The summed E-state index contributed by atoms with van der Waals surface area (Å²) in [5.41, 5.74) is 0.554. The molecule has 4 heteroatoms. The third-order valence-corrected chi connectivity index (χ3v) is 3.63. The Kier molecular flexibility index (Phi) is 3.64. The molecule has 0 aliphatic carbocycles. The van der Waals surface area contributed by atoms with Gasteiger partial charge < -0.3 is 15.2 Å². The Morgan fingerprint density at radius 2 is 2.12 bits per heavy atom. The normalized spacial score (nSPS) is 19.0. The van der Waals surface area contributed by atoms with E-state index in [-0.39, 0.29) is 23.6 Å². The van der Waals surface area contributed by atoms with Gasteiger partial charge in [-0.1, -0.05) is 6.07 Å². The lowest BCUT2D eigenvalue weighted by Crippen LogP contribution is -2.42. The van der Waals surface area contributed by atoms with E-state index in [9.17, 15) is 9.50 Å². The third-order valence-electron chi connectivity index (χ3n) is 3.63. The van der Waals surface area contributed by atoms with Crippen LogP contribution < -0.4 is 10.1 Å². The summed E-state index contributed by atoms with van der Waals surface area (Å²) in [6.07, 6.45) is 1.66. The first-order valence-electron chi connectivity index (χ1n) is 5.87. The lowest BCUT2D eigenvalue weighted by atomic mass is 9.74. The van der Waals surface area contributed by atoms with E-state index in [0.717, 1.165) is 31.5 Å². The molecule has 1 aliphatic heterocycles. The Bertz CT molecular complexity index is 389. The third kappa shape index (κ3) is 2.28. The van der Waals surface area contributed by atoms with Gasteiger partial charge in [-0.3, -0.25) is 0 Å². The number of benzene rings is 1. The van der Waals surface area contributed by atoms with Gasteiger partial charge in [-0.05, 0) is 43.6 Å². The molecule has 0 atom stereocenters. The first-order chi connectivity index (χ1) is 8.22. The summed E-state index contributed by atoms with van der Waals surface area (Å²) < 4.78 is 18.6. The first-order valence-corrected chi connectivity index (χ1v) is 5.87. The second-order valence-corrected chi connectivity index (χ2v) is 4.54. The first kappa shape index (κ1) is 12.3. The van der Waals surface area contributed by atoms with Crippen molar-refractivity contribution in [2.45, 2.75) is 18.3 Å². The van der Waals surface area contributed by atoms with Crippen LogP contribution in [-0.4, -0.2) is 31.9 Å². The highest BCUT2D eigenvalue weighted by atomic mass is 19.1. The molecule has 0 saturated carbocycles. The average molecular weight is 239 g/mol. The van der Waals surface area contributed by atoms with Gasteiger partial charge in [0.1, 0.15) is 0 Å². The molecule has 94 valence electrons. The second kappa shape index (κ2) is 5.02. The van der Waals surface area contributed by atoms with E-state index >= 15 is 0 Å². The van der Waals surface area contributed by atoms with Crippen molar-refractivity contribution in [2.75, 3.05) is 26.8 Å². The molecular weight excluding hydrogens is 221 g/mol. The number of piperidine rings is 1. The van der Waals surface area contributed by atoms with Crippen LogP contribution in [0.25, 0.3) is 0 Å². The number of ether oxygens (including phenoxy) is 1. The van der Waals surface area contributed by atoms with Crippen molar-refractivity contribution in [3.63, 3.8) is 0 Å². The maximum Gasteiger partial charge on any atom is 0.165 e. The van der Waals surface area contributed by atoms with Crippen molar-refractivity contribution in [3.8, 4) is 5.75 Å². The Labute approximate surface area is 101 Å². The van der Waals surface area contributed by atoms with Crippen LogP contribution in [0.3, 0.4) is 0 Å². The number of hydrogen-bond acceptors (Lipinski definition) is 3. The maximum atomic E-state index is 13.7. The van der Waals surface area contributed by atoms with Gasteiger partial charge in [0.25, 0.3) is 0 Å². The summed E-state index contributed by atoms with van der Waals surface area (Å²) >= 11 is 0. The number of methoxy groups -OCH3 is 1. The SMILES string of the molecule is COc1ccc(C2(CO)CCNCC2)cc1F. The minimum atomic E-state index is -0.364. The molecule has 1 saturated heterocycles. The smallest absolute Gasteiger partial charge is 0.165 e. The molecule has 2 rings (SSSR count). The average Bonchev–Trinajstić information content (AvgIpc) is 2.39. The highest BCUT2D eigenvalue weighted by Gasteiger charge is 2.33. The summed E-state index contributed by atoms with van der Waals surface area (Å²) in [7, 11) is 1.45. The van der Waals surface area contributed by atoms with Crippen LogP contribution >= 0.6 is 0 Å². The van der Waals surface area contributed by atoms with Crippen molar-refractivity contribution in [3.05, 3.63) is 29.6 Å². The van der Waals surface area contributed by atoms with Crippen LogP contribution in [0.1, 0.15) is 18.4 Å². The predicted octanol–water partition coefficient (Wildman–Crippen LogP) is 1.45. The Morgan fingerprint density at radius 1 is 1.41 bits per heavy atom. The van der Waals surface area contributed by atoms with Crippen LogP contribution in [-0.2, 0) is 5.41 Å². The summed E-state index contributed by atoms with van der Waals surface area (Å²) in [6, 6.07) is 4.97. The number of aliphatic hydroxyl groups is 1. The molecule has 1 aromatic carbocycles. The zero-order valence-electron chi connectivity index (χ0n) is 10.0. The van der Waals surface area contributed by atoms with E-state index in [1.165, 1.54) is 13.2 Å². The predicted molar refractivity (Wildman–Crippen MR) is 63.8 cm³/mol. The van der Waals surface area contributed by atoms with Gasteiger partial charge in [0.2, 0.25) is 0 Å². The minimum Gasteiger partial charge on any atom is -0.494 e. The molecule has 1 heterocycles. The van der Waals surface area contributed by atoms with Crippen LogP contribution in [0.15, 0.2) is 18.2 Å². The van der Waals surface area contributed by atoms with E-state index in [1.807, 2.05) is 6.07 Å². The topological polar surface area (TPSA) is 41.5 Å². The second-order valence-electron chi connectivity index (χ2n) is 4.54. The molecule has 17 heavy (non-hydrogen) atoms. The number of halogens is 1. The van der Waals surface area contributed by atoms with E-state index in [0.29, 0.717) is 0 Å². The number of hydrogen-bond donors (Lipinski definition) is 2. The van der Waals surface area contributed by atoms with Crippen molar-refractivity contribution in [2.24, 2.45) is 0 Å². The molecule has 1 aromatic rings. The minimum absolute atomic E-state index is 0.0560. The molecule has 0 aromatic heterocycles. The Balaban J connectivity index is 2.33. The Morgan fingerprint density at radius 3 is 2.65 bits per heavy atom. The van der Waals surface area contributed by atoms with Crippen molar-refractivity contribution in [1.82, 2.24) is 5.32 Å². The molecular formula is C13H18FNO2. The molecule has 1 aliphatic rings. The quantitative estimate of drug-likeness (QED) is 0.839. The van der Waals surface area contributed by atoms with Crippen molar-refractivity contribution < 1.29 is 14.2 Å². The van der Waals surface area contributed by atoms with Gasteiger partial charge in [0.05, 0.1) is 13.7 Å². The maximum absolute atomic E-state index is 13.7. The summed E-state index contributed by atoms with van der Waals surface area (Å²) in [5.74, 6) is -0.118. The number of rotatable bonds is 3. The lowest BCUT2D eigenvalue weighted by molar-refractivity contribution is 0.158. The molecule has 0 amide bonds. The van der Waals surface area contributed by atoms with E-state index < -0.39 is 0 Å². The fraction of sp³-hybridized carbons (Fsp3) is 0.538. The summed E-state index contributed by atoms with van der Waals surface area (Å²) in [4.78, 5) is 0. The number of aliphatic hydroxyl groups excluding tert-OH is 1. The largest absolute Gasteiger partial charge is 0.494 e. The summed E-state index contributed by atoms with van der Waals surface area (Å²) in [6.45, 7) is 1.77. The fourth-order valence-corrected chi connectivity index (χ4v) is 2.44. The zero-order chi connectivity index (χ0) is 12.3. The van der Waals surface area contributed by atoms with Gasteiger partial charge >= 0.3 is 0 Å². The van der Waals surface area contributed by atoms with Crippen LogP contribution in [0.2, 0.25) is 0 Å². The van der Waals surface area contributed by atoms with Crippen LogP contribution in [0, 0.1) is 5.82 Å². The standard InChI is InChI=1S/C13H18FNO2/c1-17-12-3-2-10(8-11(12)14)13(9-16)4-6-15-7-5-13/h2-3,8,15-16H,4-7,9H2,1H3. The van der Waals surface area contributed by atoms with Crippen LogP contribution in [0.5, 0.6) is 5.75 Å². The monoisotopic (exact) mass is 239 g/mol. The summed E-state index contributed by atoms with van der Waals surface area (Å²) in [5, 5.41) is 12.9. The van der Waals surface area contributed by atoms with Gasteiger partial charge in [-0.2, -0.15) is 0 Å². The zero-order valence-corrected chi connectivity index (χ0v) is 10.0. The van der Waals surface area contributed by atoms with E-state index in [2.05, 4.69) is 5.32 Å². The fourth-order valence-electron chi connectivity index (χ4n) is 2.44. The van der Waals surface area contributed by atoms with Gasteiger partial charge in [-0.25, -0.2) is 4.39 Å². The van der Waals surface area contributed by atoms with Gasteiger partial charge in [0.15, 0.2) is 11.6 Å². The van der Waals surface area contributed by atoms with Crippen molar-refractivity contribution in [1.29, 1.82) is 0 Å². The van der Waals surface area contributed by atoms with Gasteiger partial charge in [0, 0.05) is 5.41 Å². The molecule has 0 unspecified atom stereocenters. The molecule has 0 radical (unpaired) electrons. The molecule has 0 bridgehead atoms.